The molecular formula is C46H88O6. The molecule has 2 atom stereocenters. The van der Waals surface area contributed by atoms with E-state index >= 15 is 0 Å². The van der Waals surface area contributed by atoms with Crippen LogP contribution in [0.4, 0.5) is 0 Å². The lowest BCUT2D eigenvalue weighted by Crippen LogP contribution is -2.30. The standard InChI is InChI=1S/C46H88O6/c1-6-8-9-10-11-16-21-28-33-38-46(49)52-43(40-51-45(48)37-32-27-23-22-25-30-35-42(5)7-2)39-50-44(47)36-31-26-20-18-15-13-12-14-17-19-24-29-34-41(3)4/h41-43H,6-40H2,1-5H3/t42?,43-/m0/s1. The maximum Gasteiger partial charge on any atom is 0.306 e. The molecule has 0 amide bonds. The first-order valence-corrected chi connectivity index (χ1v) is 22.8. The summed E-state index contributed by atoms with van der Waals surface area (Å²) in [4.78, 5) is 37.6. The molecule has 1 unspecified atom stereocenters. The van der Waals surface area contributed by atoms with Crippen molar-refractivity contribution in [1.82, 2.24) is 0 Å². The third-order valence-electron chi connectivity index (χ3n) is 10.6. The van der Waals surface area contributed by atoms with Crippen molar-refractivity contribution < 1.29 is 28.6 Å². The molecule has 0 bridgehead atoms. The summed E-state index contributed by atoms with van der Waals surface area (Å²) >= 11 is 0. The van der Waals surface area contributed by atoms with Gasteiger partial charge in [-0.25, -0.2) is 0 Å². The average molecular weight is 737 g/mol. The zero-order valence-corrected chi connectivity index (χ0v) is 35.4. The Labute approximate surface area is 323 Å². The van der Waals surface area contributed by atoms with Crippen molar-refractivity contribution in [1.29, 1.82) is 0 Å². The molecule has 308 valence electrons. The van der Waals surface area contributed by atoms with Gasteiger partial charge >= 0.3 is 17.9 Å². The second-order valence-corrected chi connectivity index (χ2v) is 16.4. The van der Waals surface area contributed by atoms with Crippen LogP contribution < -0.4 is 0 Å². The molecule has 0 N–H and O–H groups in total. The van der Waals surface area contributed by atoms with E-state index in [1.165, 1.54) is 135 Å². The van der Waals surface area contributed by atoms with E-state index in [1.54, 1.807) is 0 Å². The SMILES string of the molecule is CCCCCCCCCCCC(=O)O[C@@H](COC(=O)CCCCCCCCCCCCCCC(C)C)COC(=O)CCCCCCCCC(C)CC. The predicted octanol–water partition coefficient (Wildman–Crippen LogP) is 14.2. The Hall–Kier alpha value is -1.59. The van der Waals surface area contributed by atoms with Crippen molar-refractivity contribution in [3.05, 3.63) is 0 Å². The molecule has 0 aliphatic rings. The fraction of sp³-hybridized carbons (Fsp3) is 0.935. The van der Waals surface area contributed by atoms with Crippen molar-refractivity contribution >= 4 is 17.9 Å². The zero-order chi connectivity index (χ0) is 38.3. The Balaban J connectivity index is 4.29. The van der Waals surface area contributed by atoms with Crippen molar-refractivity contribution in [2.75, 3.05) is 13.2 Å². The second kappa shape index (κ2) is 39.1. The first-order chi connectivity index (χ1) is 25.3. The first kappa shape index (κ1) is 50.4. The molecule has 0 aliphatic heterocycles. The summed E-state index contributed by atoms with van der Waals surface area (Å²) in [5.74, 6) is 0.786. The molecule has 0 saturated heterocycles. The summed E-state index contributed by atoms with van der Waals surface area (Å²) < 4.78 is 16.7. The minimum absolute atomic E-state index is 0.0655. The Morgan fingerprint density at radius 2 is 0.731 bits per heavy atom. The van der Waals surface area contributed by atoms with Gasteiger partial charge in [0.15, 0.2) is 6.10 Å². The molecule has 0 aromatic heterocycles. The van der Waals surface area contributed by atoms with Gasteiger partial charge in [-0.15, -0.1) is 0 Å². The molecule has 0 spiro atoms. The van der Waals surface area contributed by atoms with E-state index in [1.807, 2.05) is 0 Å². The number of rotatable bonds is 40. The highest BCUT2D eigenvalue weighted by molar-refractivity contribution is 5.71. The number of carbonyl (C=O) groups is 3. The van der Waals surface area contributed by atoms with Gasteiger partial charge in [-0.1, -0.05) is 208 Å². The van der Waals surface area contributed by atoms with E-state index in [9.17, 15) is 14.4 Å². The van der Waals surface area contributed by atoms with Crippen LogP contribution in [0.25, 0.3) is 0 Å². The lowest BCUT2D eigenvalue weighted by molar-refractivity contribution is -0.167. The smallest absolute Gasteiger partial charge is 0.306 e. The van der Waals surface area contributed by atoms with Crippen LogP contribution in [0.2, 0.25) is 0 Å². The summed E-state index contributed by atoms with van der Waals surface area (Å²) in [6.07, 6.45) is 36.6. The molecule has 0 heterocycles. The number of ether oxygens (including phenoxy) is 3. The summed E-state index contributed by atoms with van der Waals surface area (Å²) in [5, 5.41) is 0. The van der Waals surface area contributed by atoms with Crippen LogP contribution in [-0.2, 0) is 28.6 Å². The lowest BCUT2D eigenvalue weighted by Gasteiger charge is -2.18. The Bertz CT molecular complexity index is 796. The Kier molecular flexibility index (Phi) is 37.9. The highest BCUT2D eigenvalue weighted by Crippen LogP contribution is 2.17. The van der Waals surface area contributed by atoms with Crippen molar-refractivity contribution in [2.45, 2.75) is 253 Å². The van der Waals surface area contributed by atoms with Gasteiger partial charge in [0.05, 0.1) is 0 Å². The topological polar surface area (TPSA) is 78.9 Å². The van der Waals surface area contributed by atoms with Crippen LogP contribution in [0.15, 0.2) is 0 Å². The third-order valence-corrected chi connectivity index (χ3v) is 10.6. The second-order valence-electron chi connectivity index (χ2n) is 16.4. The minimum Gasteiger partial charge on any atom is -0.462 e. The molecule has 0 radical (unpaired) electrons. The number of hydrogen-bond acceptors (Lipinski definition) is 6. The van der Waals surface area contributed by atoms with Gasteiger partial charge in [0, 0.05) is 19.3 Å². The highest BCUT2D eigenvalue weighted by Gasteiger charge is 2.19. The van der Waals surface area contributed by atoms with Gasteiger partial charge in [0.25, 0.3) is 0 Å². The molecule has 0 aromatic carbocycles. The van der Waals surface area contributed by atoms with E-state index in [4.69, 9.17) is 14.2 Å². The Morgan fingerprint density at radius 3 is 1.10 bits per heavy atom. The van der Waals surface area contributed by atoms with Crippen LogP contribution >= 0.6 is 0 Å². The van der Waals surface area contributed by atoms with E-state index < -0.39 is 6.10 Å². The maximum absolute atomic E-state index is 12.6. The fourth-order valence-corrected chi connectivity index (χ4v) is 6.72. The minimum atomic E-state index is -0.760. The number of hydrogen-bond donors (Lipinski definition) is 0. The van der Waals surface area contributed by atoms with Gasteiger partial charge in [-0.05, 0) is 31.1 Å². The van der Waals surface area contributed by atoms with Crippen LogP contribution in [0.3, 0.4) is 0 Å². The van der Waals surface area contributed by atoms with Gasteiger partial charge in [0.2, 0.25) is 0 Å². The molecular weight excluding hydrogens is 649 g/mol. The van der Waals surface area contributed by atoms with E-state index in [0.717, 1.165) is 69.6 Å². The largest absolute Gasteiger partial charge is 0.462 e. The number of esters is 3. The van der Waals surface area contributed by atoms with Crippen LogP contribution in [0, 0.1) is 11.8 Å². The number of carbonyl (C=O) groups excluding carboxylic acids is 3. The molecule has 0 saturated carbocycles. The zero-order valence-electron chi connectivity index (χ0n) is 35.4. The Morgan fingerprint density at radius 1 is 0.404 bits per heavy atom. The van der Waals surface area contributed by atoms with E-state index in [-0.39, 0.29) is 31.1 Å². The molecule has 6 heteroatoms. The monoisotopic (exact) mass is 737 g/mol. The van der Waals surface area contributed by atoms with Gasteiger partial charge < -0.3 is 14.2 Å². The first-order valence-electron chi connectivity index (χ1n) is 22.8. The van der Waals surface area contributed by atoms with E-state index in [2.05, 4.69) is 34.6 Å². The van der Waals surface area contributed by atoms with Crippen molar-refractivity contribution in [2.24, 2.45) is 11.8 Å². The average Bonchev–Trinajstić information content (AvgIpc) is 3.12. The number of unbranched alkanes of at least 4 members (excludes halogenated alkanes) is 24. The summed E-state index contributed by atoms with van der Waals surface area (Å²) in [6.45, 7) is 11.3. The van der Waals surface area contributed by atoms with Crippen LogP contribution in [0.1, 0.15) is 247 Å². The summed E-state index contributed by atoms with van der Waals surface area (Å²) in [7, 11) is 0. The maximum atomic E-state index is 12.6. The molecule has 0 aliphatic carbocycles. The summed E-state index contributed by atoms with van der Waals surface area (Å²) in [5.41, 5.74) is 0. The third kappa shape index (κ3) is 38.1. The lowest BCUT2D eigenvalue weighted by atomic mass is 10.00. The summed E-state index contributed by atoms with van der Waals surface area (Å²) in [6, 6.07) is 0. The van der Waals surface area contributed by atoms with Gasteiger partial charge in [-0.2, -0.15) is 0 Å². The highest BCUT2D eigenvalue weighted by atomic mass is 16.6. The molecule has 0 fully saturated rings. The van der Waals surface area contributed by atoms with Crippen LogP contribution in [0.5, 0.6) is 0 Å². The normalized spacial score (nSPS) is 12.6. The van der Waals surface area contributed by atoms with Crippen molar-refractivity contribution in [3.63, 3.8) is 0 Å². The van der Waals surface area contributed by atoms with Gasteiger partial charge in [0.1, 0.15) is 13.2 Å². The molecule has 0 aromatic rings. The van der Waals surface area contributed by atoms with Crippen molar-refractivity contribution in [3.8, 4) is 0 Å². The molecule has 0 rings (SSSR count). The molecule has 52 heavy (non-hydrogen) atoms. The predicted molar refractivity (Wildman–Crippen MR) is 220 cm³/mol. The van der Waals surface area contributed by atoms with Gasteiger partial charge in [-0.3, -0.25) is 14.4 Å². The fourth-order valence-electron chi connectivity index (χ4n) is 6.72. The molecule has 6 nitrogen and oxygen atoms in total. The van der Waals surface area contributed by atoms with E-state index in [0.29, 0.717) is 19.3 Å². The quantitative estimate of drug-likeness (QED) is 0.0354. The van der Waals surface area contributed by atoms with Crippen LogP contribution in [-0.4, -0.2) is 37.2 Å².